The molecule has 16 heavy (non-hydrogen) atoms. The quantitative estimate of drug-likeness (QED) is 0.657. The van der Waals surface area contributed by atoms with Crippen molar-refractivity contribution in [3.05, 3.63) is 0 Å². The van der Waals surface area contributed by atoms with Crippen LogP contribution in [0, 0.1) is 11.3 Å². The highest BCUT2D eigenvalue weighted by molar-refractivity contribution is 4.86. The SMILES string of the molecule is N#CCCN(CCCN1CCCC1)C1CC1. The number of likely N-dealkylation sites (tertiary alicyclic amines) is 1. The predicted octanol–water partition coefficient (Wildman–Crippen LogP) is 1.85. The monoisotopic (exact) mass is 221 g/mol. The number of nitriles is 1. The van der Waals surface area contributed by atoms with Crippen molar-refractivity contribution in [3.63, 3.8) is 0 Å². The van der Waals surface area contributed by atoms with Gasteiger partial charge in [-0.1, -0.05) is 0 Å². The number of hydrogen-bond donors (Lipinski definition) is 0. The number of nitrogens with zero attached hydrogens (tertiary/aromatic N) is 3. The van der Waals surface area contributed by atoms with Gasteiger partial charge in [-0.3, -0.25) is 4.90 Å². The van der Waals surface area contributed by atoms with E-state index in [1.807, 2.05) is 0 Å². The predicted molar refractivity (Wildman–Crippen MR) is 65.1 cm³/mol. The number of rotatable bonds is 7. The van der Waals surface area contributed by atoms with E-state index in [2.05, 4.69) is 15.9 Å². The lowest BCUT2D eigenvalue weighted by Crippen LogP contribution is -2.31. The van der Waals surface area contributed by atoms with Gasteiger partial charge in [-0.15, -0.1) is 0 Å². The van der Waals surface area contributed by atoms with Crippen molar-refractivity contribution in [1.29, 1.82) is 5.26 Å². The zero-order valence-electron chi connectivity index (χ0n) is 10.2. The van der Waals surface area contributed by atoms with Gasteiger partial charge in [0.1, 0.15) is 0 Å². The molecule has 0 aromatic heterocycles. The maximum absolute atomic E-state index is 8.63. The Morgan fingerprint density at radius 2 is 1.94 bits per heavy atom. The molecule has 1 aliphatic carbocycles. The van der Waals surface area contributed by atoms with Gasteiger partial charge >= 0.3 is 0 Å². The lowest BCUT2D eigenvalue weighted by molar-refractivity contribution is 0.241. The standard InChI is InChI=1S/C13H23N3/c14-7-3-11-16(13-5-6-13)12-4-10-15-8-1-2-9-15/h13H,1-6,8-12H2. The van der Waals surface area contributed by atoms with Crippen LogP contribution in [-0.2, 0) is 0 Å². The van der Waals surface area contributed by atoms with Crippen LogP contribution in [0.4, 0.5) is 0 Å². The molecule has 3 nitrogen and oxygen atoms in total. The molecule has 0 aromatic carbocycles. The van der Waals surface area contributed by atoms with Gasteiger partial charge in [-0.05, 0) is 58.3 Å². The van der Waals surface area contributed by atoms with Crippen molar-refractivity contribution in [3.8, 4) is 6.07 Å². The Morgan fingerprint density at radius 1 is 1.19 bits per heavy atom. The van der Waals surface area contributed by atoms with Crippen LogP contribution < -0.4 is 0 Å². The molecule has 0 radical (unpaired) electrons. The van der Waals surface area contributed by atoms with Crippen molar-refractivity contribution < 1.29 is 0 Å². The van der Waals surface area contributed by atoms with Gasteiger partial charge in [-0.2, -0.15) is 5.26 Å². The van der Waals surface area contributed by atoms with Crippen molar-refractivity contribution in [1.82, 2.24) is 9.80 Å². The Hall–Kier alpha value is -0.590. The van der Waals surface area contributed by atoms with E-state index in [0.29, 0.717) is 6.42 Å². The largest absolute Gasteiger partial charge is 0.303 e. The summed E-state index contributed by atoms with van der Waals surface area (Å²) < 4.78 is 0. The molecule has 2 rings (SSSR count). The van der Waals surface area contributed by atoms with E-state index in [0.717, 1.165) is 12.6 Å². The Kier molecular flexibility index (Phi) is 4.62. The third kappa shape index (κ3) is 3.77. The summed E-state index contributed by atoms with van der Waals surface area (Å²) in [5.74, 6) is 0. The molecule has 0 spiro atoms. The molecule has 1 aliphatic heterocycles. The van der Waals surface area contributed by atoms with E-state index in [9.17, 15) is 0 Å². The summed E-state index contributed by atoms with van der Waals surface area (Å²) in [5.41, 5.74) is 0. The zero-order chi connectivity index (χ0) is 11.2. The lowest BCUT2D eigenvalue weighted by atomic mass is 10.3. The summed E-state index contributed by atoms with van der Waals surface area (Å²) in [7, 11) is 0. The normalized spacial score (nSPS) is 21.5. The fraction of sp³-hybridized carbons (Fsp3) is 0.923. The first kappa shape index (κ1) is 11.9. The fourth-order valence-corrected chi connectivity index (χ4v) is 2.61. The molecule has 0 aromatic rings. The molecule has 1 saturated heterocycles. The summed E-state index contributed by atoms with van der Waals surface area (Å²) in [6.07, 6.45) is 7.47. The van der Waals surface area contributed by atoms with Crippen LogP contribution in [0.5, 0.6) is 0 Å². The van der Waals surface area contributed by atoms with Gasteiger partial charge in [0.15, 0.2) is 0 Å². The Balaban J connectivity index is 1.59. The highest BCUT2D eigenvalue weighted by atomic mass is 15.2. The Morgan fingerprint density at radius 3 is 2.56 bits per heavy atom. The van der Waals surface area contributed by atoms with Gasteiger partial charge in [0.2, 0.25) is 0 Å². The Bertz CT molecular complexity index is 236. The molecule has 90 valence electrons. The van der Waals surface area contributed by atoms with Gasteiger partial charge in [0, 0.05) is 19.0 Å². The summed E-state index contributed by atoms with van der Waals surface area (Å²) >= 11 is 0. The van der Waals surface area contributed by atoms with Crippen molar-refractivity contribution in [2.75, 3.05) is 32.7 Å². The third-order valence-electron chi connectivity index (χ3n) is 3.69. The van der Waals surface area contributed by atoms with E-state index >= 15 is 0 Å². The second kappa shape index (κ2) is 6.22. The first-order valence-electron chi connectivity index (χ1n) is 6.73. The molecule has 1 saturated carbocycles. The van der Waals surface area contributed by atoms with Gasteiger partial charge in [-0.25, -0.2) is 0 Å². The smallest absolute Gasteiger partial charge is 0.0635 e. The molecule has 0 bridgehead atoms. The molecule has 0 amide bonds. The molecule has 0 N–H and O–H groups in total. The summed E-state index contributed by atoms with van der Waals surface area (Å²) in [6.45, 7) is 6.06. The minimum Gasteiger partial charge on any atom is -0.303 e. The first-order valence-corrected chi connectivity index (χ1v) is 6.73. The molecule has 0 unspecified atom stereocenters. The minimum absolute atomic E-state index is 0.695. The van der Waals surface area contributed by atoms with E-state index in [4.69, 9.17) is 5.26 Å². The van der Waals surface area contributed by atoms with Crippen LogP contribution in [-0.4, -0.2) is 48.6 Å². The lowest BCUT2D eigenvalue weighted by Gasteiger charge is -2.22. The molecule has 2 aliphatic rings. The average molecular weight is 221 g/mol. The molecular formula is C13H23N3. The molecule has 3 heteroatoms. The van der Waals surface area contributed by atoms with Crippen LogP contribution in [0.1, 0.15) is 38.5 Å². The van der Waals surface area contributed by atoms with Gasteiger partial charge in [0.05, 0.1) is 6.07 Å². The van der Waals surface area contributed by atoms with Crippen LogP contribution >= 0.6 is 0 Å². The van der Waals surface area contributed by atoms with Crippen LogP contribution in [0.15, 0.2) is 0 Å². The molecule has 0 atom stereocenters. The van der Waals surface area contributed by atoms with Gasteiger partial charge in [0.25, 0.3) is 0 Å². The number of hydrogen-bond acceptors (Lipinski definition) is 3. The van der Waals surface area contributed by atoms with Crippen molar-refractivity contribution >= 4 is 0 Å². The van der Waals surface area contributed by atoms with E-state index in [-0.39, 0.29) is 0 Å². The maximum atomic E-state index is 8.63. The highest BCUT2D eigenvalue weighted by Gasteiger charge is 2.28. The van der Waals surface area contributed by atoms with Crippen LogP contribution in [0.2, 0.25) is 0 Å². The van der Waals surface area contributed by atoms with E-state index < -0.39 is 0 Å². The summed E-state index contributed by atoms with van der Waals surface area (Å²) in [4.78, 5) is 5.11. The van der Waals surface area contributed by atoms with Crippen LogP contribution in [0.25, 0.3) is 0 Å². The van der Waals surface area contributed by atoms with Crippen molar-refractivity contribution in [2.45, 2.75) is 44.6 Å². The fourth-order valence-electron chi connectivity index (χ4n) is 2.61. The van der Waals surface area contributed by atoms with E-state index in [1.165, 1.54) is 58.3 Å². The highest BCUT2D eigenvalue weighted by Crippen LogP contribution is 2.26. The molecular weight excluding hydrogens is 198 g/mol. The van der Waals surface area contributed by atoms with E-state index in [1.54, 1.807) is 0 Å². The Labute approximate surface area is 99.0 Å². The second-order valence-electron chi connectivity index (χ2n) is 5.08. The average Bonchev–Trinajstić information content (AvgIpc) is 3.01. The molecule has 2 fully saturated rings. The van der Waals surface area contributed by atoms with Gasteiger partial charge < -0.3 is 4.90 Å². The first-order chi connectivity index (χ1) is 7.90. The summed E-state index contributed by atoms with van der Waals surface area (Å²) in [6, 6.07) is 3.07. The van der Waals surface area contributed by atoms with Crippen LogP contribution in [0.3, 0.4) is 0 Å². The minimum atomic E-state index is 0.695. The molecule has 1 heterocycles. The zero-order valence-corrected chi connectivity index (χ0v) is 10.2. The maximum Gasteiger partial charge on any atom is 0.0635 e. The second-order valence-corrected chi connectivity index (χ2v) is 5.08. The van der Waals surface area contributed by atoms with Crippen molar-refractivity contribution in [2.24, 2.45) is 0 Å². The summed E-state index contributed by atoms with van der Waals surface area (Å²) in [5, 5.41) is 8.63. The topological polar surface area (TPSA) is 30.3 Å². The third-order valence-corrected chi connectivity index (χ3v) is 3.69.